The molecule has 1 fully saturated rings. The predicted molar refractivity (Wildman–Crippen MR) is 74.9 cm³/mol. The molecule has 0 radical (unpaired) electrons. The molecule has 0 atom stereocenters. The fourth-order valence-corrected chi connectivity index (χ4v) is 2.37. The Morgan fingerprint density at radius 3 is 2.61 bits per heavy atom. The van der Waals surface area contributed by atoms with Crippen molar-refractivity contribution in [1.82, 2.24) is 10.2 Å². The van der Waals surface area contributed by atoms with Gasteiger partial charge in [0.25, 0.3) is 5.91 Å². The van der Waals surface area contributed by atoms with Crippen molar-refractivity contribution in [2.24, 2.45) is 0 Å². The van der Waals surface area contributed by atoms with Crippen LogP contribution in [0.3, 0.4) is 0 Å². The molecule has 0 spiro atoms. The zero-order chi connectivity index (χ0) is 12.4. The molecular weight excluding hydrogens is 322 g/mol. The van der Waals surface area contributed by atoms with Crippen LogP contribution >= 0.6 is 28.3 Å². The van der Waals surface area contributed by atoms with E-state index in [1.807, 2.05) is 6.92 Å². The van der Waals surface area contributed by atoms with E-state index in [9.17, 15) is 9.18 Å². The second-order valence-electron chi connectivity index (χ2n) is 4.10. The summed E-state index contributed by atoms with van der Waals surface area (Å²) < 4.78 is 14.3. The second kappa shape index (κ2) is 6.50. The van der Waals surface area contributed by atoms with Gasteiger partial charge in [-0.15, -0.1) is 12.4 Å². The Bertz CT molecular complexity index is 450. The number of amides is 1. The number of rotatable bonds is 1. The Hall–Kier alpha value is -0.650. The van der Waals surface area contributed by atoms with E-state index in [2.05, 4.69) is 21.2 Å². The number of nitrogens with one attached hydrogen (secondary N) is 1. The van der Waals surface area contributed by atoms with Gasteiger partial charge in [-0.3, -0.25) is 4.79 Å². The first kappa shape index (κ1) is 15.4. The summed E-state index contributed by atoms with van der Waals surface area (Å²) in [5, 5.41) is 3.16. The highest BCUT2D eigenvalue weighted by Gasteiger charge is 2.23. The highest BCUT2D eigenvalue weighted by molar-refractivity contribution is 9.10. The summed E-state index contributed by atoms with van der Waals surface area (Å²) in [6, 6.07) is 3.00. The van der Waals surface area contributed by atoms with Crippen LogP contribution in [0.2, 0.25) is 0 Å². The molecule has 3 nitrogen and oxygen atoms in total. The molecule has 0 saturated carbocycles. The maximum atomic E-state index is 13.7. The first-order valence-electron chi connectivity index (χ1n) is 5.56. The average Bonchev–Trinajstić information content (AvgIpc) is 2.35. The molecule has 1 saturated heterocycles. The van der Waals surface area contributed by atoms with Crippen LogP contribution in [0.25, 0.3) is 0 Å². The number of piperazine rings is 1. The van der Waals surface area contributed by atoms with Crippen LogP contribution in [-0.4, -0.2) is 37.0 Å². The molecule has 1 heterocycles. The van der Waals surface area contributed by atoms with Crippen LogP contribution in [-0.2, 0) is 0 Å². The van der Waals surface area contributed by atoms with Gasteiger partial charge >= 0.3 is 0 Å². The Morgan fingerprint density at radius 2 is 2.00 bits per heavy atom. The van der Waals surface area contributed by atoms with Crippen molar-refractivity contribution in [3.8, 4) is 0 Å². The van der Waals surface area contributed by atoms with Crippen molar-refractivity contribution in [3.63, 3.8) is 0 Å². The standard InChI is InChI=1S/C12H14BrFN2O.ClH/c1-8-2-3-9(14)10(11(8)13)12(17)16-6-4-15-5-7-16;/h2-3,15H,4-7H2,1H3;1H. The van der Waals surface area contributed by atoms with E-state index in [1.54, 1.807) is 11.0 Å². The summed E-state index contributed by atoms with van der Waals surface area (Å²) in [5.41, 5.74) is 1.01. The number of nitrogens with zero attached hydrogens (tertiary/aromatic N) is 1. The Labute approximate surface area is 120 Å². The van der Waals surface area contributed by atoms with Crippen LogP contribution in [0.15, 0.2) is 16.6 Å². The molecule has 1 aliphatic heterocycles. The zero-order valence-electron chi connectivity index (χ0n) is 10.0. The second-order valence-corrected chi connectivity index (χ2v) is 4.89. The van der Waals surface area contributed by atoms with Gasteiger partial charge in [0.15, 0.2) is 0 Å². The molecule has 1 aliphatic rings. The Kier molecular flexibility index (Phi) is 5.56. The topological polar surface area (TPSA) is 32.3 Å². The normalized spacial score (nSPS) is 15.2. The van der Waals surface area contributed by atoms with E-state index in [0.29, 0.717) is 17.6 Å². The maximum absolute atomic E-state index is 13.7. The van der Waals surface area contributed by atoms with Crippen LogP contribution < -0.4 is 5.32 Å². The summed E-state index contributed by atoms with van der Waals surface area (Å²) in [5.74, 6) is -0.703. The smallest absolute Gasteiger partial charge is 0.258 e. The van der Waals surface area contributed by atoms with Crippen LogP contribution in [0.5, 0.6) is 0 Å². The van der Waals surface area contributed by atoms with E-state index in [-0.39, 0.29) is 23.9 Å². The number of benzene rings is 1. The fourth-order valence-electron chi connectivity index (χ4n) is 1.88. The minimum Gasteiger partial charge on any atom is -0.336 e. The van der Waals surface area contributed by atoms with Gasteiger partial charge in [0.05, 0.1) is 5.56 Å². The summed E-state index contributed by atoms with van der Waals surface area (Å²) in [4.78, 5) is 13.9. The van der Waals surface area contributed by atoms with Crippen LogP contribution in [0.4, 0.5) is 4.39 Å². The highest BCUT2D eigenvalue weighted by Crippen LogP contribution is 2.25. The third-order valence-electron chi connectivity index (χ3n) is 2.90. The van der Waals surface area contributed by atoms with Gasteiger partial charge in [-0.1, -0.05) is 6.07 Å². The number of carbonyl (C=O) groups is 1. The van der Waals surface area contributed by atoms with Gasteiger partial charge in [-0.25, -0.2) is 4.39 Å². The van der Waals surface area contributed by atoms with Gasteiger partial charge in [-0.2, -0.15) is 0 Å². The van der Waals surface area contributed by atoms with Crippen molar-refractivity contribution in [3.05, 3.63) is 33.5 Å². The molecule has 6 heteroatoms. The monoisotopic (exact) mass is 336 g/mol. The number of carbonyl (C=O) groups excluding carboxylic acids is 1. The lowest BCUT2D eigenvalue weighted by atomic mass is 10.1. The highest BCUT2D eigenvalue weighted by atomic mass is 79.9. The summed E-state index contributed by atoms with van der Waals surface area (Å²) in [6.07, 6.45) is 0. The molecule has 0 bridgehead atoms. The van der Waals surface area contributed by atoms with Gasteiger partial charge in [0, 0.05) is 30.7 Å². The third kappa shape index (κ3) is 3.02. The van der Waals surface area contributed by atoms with Gasteiger partial charge in [0.1, 0.15) is 5.82 Å². The van der Waals surface area contributed by atoms with E-state index in [0.717, 1.165) is 18.7 Å². The van der Waals surface area contributed by atoms with Crippen molar-refractivity contribution >= 4 is 34.2 Å². The number of halogens is 3. The molecule has 1 aromatic rings. The number of hydrogen-bond acceptors (Lipinski definition) is 2. The van der Waals surface area contributed by atoms with E-state index in [1.165, 1.54) is 6.07 Å². The van der Waals surface area contributed by atoms with Crippen LogP contribution in [0.1, 0.15) is 15.9 Å². The lowest BCUT2D eigenvalue weighted by Crippen LogP contribution is -2.46. The molecule has 1 N–H and O–H groups in total. The number of hydrogen-bond donors (Lipinski definition) is 1. The lowest BCUT2D eigenvalue weighted by Gasteiger charge is -2.28. The van der Waals surface area contributed by atoms with Crippen LogP contribution in [0, 0.1) is 12.7 Å². The molecule has 1 aromatic carbocycles. The zero-order valence-corrected chi connectivity index (χ0v) is 12.4. The van der Waals surface area contributed by atoms with E-state index >= 15 is 0 Å². The molecule has 18 heavy (non-hydrogen) atoms. The molecule has 2 rings (SSSR count). The molecule has 0 unspecified atom stereocenters. The first-order valence-corrected chi connectivity index (χ1v) is 6.35. The van der Waals surface area contributed by atoms with Crippen molar-refractivity contribution in [2.75, 3.05) is 26.2 Å². The minimum absolute atomic E-state index is 0. The van der Waals surface area contributed by atoms with Gasteiger partial charge in [-0.05, 0) is 34.5 Å². The van der Waals surface area contributed by atoms with Crippen molar-refractivity contribution in [1.29, 1.82) is 0 Å². The molecule has 100 valence electrons. The predicted octanol–water partition coefficient (Wildman–Crippen LogP) is 2.36. The lowest BCUT2D eigenvalue weighted by molar-refractivity contribution is 0.0730. The number of aryl methyl sites for hydroxylation is 1. The van der Waals surface area contributed by atoms with Gasteiger partial charge < -0.3 is 10.2 Å². The third-order valence-corrected chi connectivity index (χ3v) is 3.92. The average molecular weight is 338 g/mol. The molecular formula is C12H15BrClFN2O. The largest absolute Gasteiger partial charge is 0.336 e. The van der Waals surface area contributed by atoms with E-state index in [4.69, 9.17) is 0 Å². The fraction of sp³-hybridized carbons (Fsp3) is 0.417. The summed E-state index contributed by atoms with van der Waals surface area (Å²) in [7, 11) is 0. The molecule has 1 amide bonds. The van der Waals surface area contributed by atoms with E-state index < -0.39 is 5.82 Å². The minimum atomic E-state index is -0.467. The Balaban J connectivity index is 0.00000162. The summed E-state index contributed by atoms with van der Waals surface area (Å²) >= 11 is 3.30. The maximum Gasteiger partial charge on any atom is 0.258 e. The Morgan fingerprint density at radius 1 is 1.39 bits per heavy atom. The summed E-state index contributed by atoms with van der Waals surface area (Å²) in [6.45, 7) is 4.61. The SMILES string of the molecule is Cc1ccc(F)c(C(=O)N2CCNCC2)c1Br.Cl. The van der Waals surface area contributed by atoms with Gasteiger partial charge in [0.2, 0.25) is 0 Å². The quantitative estimate of drug-likeness (QED) is 0.853. The molecule has 0 aliphatic carbocycles. The van der Waals surface area contributed by atoms with Crippen molar-refractivity contribution < 1.29 is 9.18 Å². The first-order chi connectivity index (χ1) is 8.11. The van der Waals surface area contributed by atoms with Crippen molar-refractivity contribution in [2.45, 2.75) is 6.92 Å². The molecule has 0 aromatic heterocycles.